The zero-order valence-corrected chi connectivity index (χ0v) is 12.9. The van der Waals surface area contributed by atoms with E-state index in [-0.39, 0.29) is 5.75 Å². The summed E-state index contributed by atoms with van der Waals surface area (Å²) in [7, 11) is -1.83. The molecule has 1 rings (SSSR count). The number of nitrogens with two attached hydrogens (primary N) is 1. The number of hydrogen-bond donors (Lipinski definition) is 1. The third-order valence-electron chi connectivity index (χ3n) is 2.87. The third-order valence-corrected chi connectivity index (χ3v) is 3.73. The summed E-state index contributed by atoms with van der Waals surface area (Å²) in [4.78, 5) is 0. The number of nitriles is 1. The molecule has 0 fully saturated rings. The van der Waals surface area contributed by atoms with Gasteiger partial charge in [0.1, 0.15) is 0 Å². The largest absolute Gasteiger partial charge is 0.493 e. The van der Waals surface area contributed by atoms with Crippen LogP contribution >= 0.6 is 0 Å². The van der Waals surface area contributed by atoms with Crippen LogP contribution in [0, 0.1) is 11.3 Å². The van der Waals surface area contributed by atoms with Gasteiger partial charge in [0.15, 0.2) is 11.5 Å². The fraction of sp³-hybridized carbons (Fsp3) is 0.500. The number of methoxy groups -OCH3 is 1. The molecule has 21 heavy (non-hydrogen) atoms. The summed E-state index contributed by atoms with van der Waals surface area (Å²) in [6.45, 7) is 0.512. The minimum atomic E-state index is -3.35. The summed E-state index contributed by atoms with van der Waals surface area (Å²) in [6, 6.07) is 7.04. The number of benzene rings is 1. The molecule has 7 heteroatoms. The molecule has 0 aliphatic heterocycles. The lowest BCUT2D eigenvalue weighted by atomic mass is 10.2. The van der Waals surface area contributed by atoms with E-state index in [1.807, 2.05) is 6.07 Å². The molecule has 0 atom stereocenters. The van der Waals surface area contributed by atoms with Gasteiger partial charge in [-0.2, -0.15) is 5.26 Å². The molecule has 116 valence electrons. The van der Waals surface area contributed by atoms with Crippen molar-refractivity contribution in [3.8, 4) is 17.6 Å². The summed E-state index contributed by atoms with van der Waals surface area (Å²) in [5, 5.41) is 13.7. The number of rotatable bonds is 9. The maximum atomic E-state index is 10.7. The predicted octanol–water partition coefficient (Wildman–Crippen LogP) is 1.79. The van der Waals surface area contributed by atoms with Gasteiger partial charge >= 0.3 is 0 Å². The highest BCUT2D eigenvalue weighted by Crippen LogP contribution is 2.27. The summed E-state index contributed by atoms with van der Waals surface area (Å²) in [5.74, 6) is 1.15. The lowest BCUT2D eigenvalue weighted by molar-refractivity contribution is 0.285. The van der Waals surface area contributed by atoms with Crippen molar-refractivity contribution in [1.29, 1.82) is 5.26 Å². The number of sulfonamides is 1. The molecule has 1 aromatic rings. The van der Waals surface area contributed by atoms with E-state index in [1.54, 1.807) is 18.2 Å². The fourth-order valence-electron chi connectivity index (χ4n) is 1.80. The van der Waals surface area contributed by atoms with Gasteiger partial charge in [-0.15, -0.1) is 0 Å². The molecule has 6 nitrogen and oxygen atoms in total. The normalized spacial score (nSPS) is 10.9. The highest BCUT2D eigenvalue weighted by Gasteiger charge is 2.06. The number of primary sulfonamides is 1. The average Bonchev–Trinajstić information content (AvgIpc) is 2.45. The first kappa shape index (κ1) is 17.3. The molecule has 0 amide bonds. The van der Waals surface area contributed by atoms with E-state index in [2.05, 4.69) is 0 Å². The molecule has 0 heterocycles. The SMILES string of the molecule is COc1cc(C#N)ccc1OCCCCCCS(N)(=O)=O. The number of nitrogens with zero attached hydrogens (tertiary/aromatic N) is 1. The molecule has 2 N–H and O–H groups in total. The lowest BCUT2D eigenvalue weighted by Gasteiger charge is -2.10. The zero-order chi connectivity index (χ0) is 15.7. The van der Waals surface area contributed by atoms with Crippen LogP contribution < -0.4 is 14.6 Å². The van der Waals surface area contributed by atoms with Crippen LogP contribution in [0.15, 0.2) is 18.2 Å². The maximum absolute atomic E-state index is 10.7. The first-order valence-electron chi connectivity index (χ1n) is 6.67. The first-order chi connectivity index (χ1) is 9.96. The molecule has 0 radical (unpaired) electrons. The average molecular weight is 312 g/mol. The van der Waals surface area contributed by atoms with Gasteiger partial charge < -0.3 is 9.47 Å². The van der Waals surface area contributed by atoms with E-state index < -0.39 is 10.0 Å². The lowest BCUT2D eigenvalue weighted by Crippen LogP contribution is -2.16. The van der Waals surface area contributed by atoms with Crippen molar-refractivity contribution in [3.05, 3.63) is 23.8 Å². The molecule has 1 aromatic carbocycles. The minimum absolute atomic E-state index is 0.0251. The summed E-state index contributed by atoms with van der Waals surface area (Å²) in [5.41, 5.74) is 0.516. The summed E-state index contributed by atoms with van der Waals surface area (Å²) in [6.07, 6.45) is 3.05. The van der Waals surface area contributed by atoms with Crippen molar-refractivity contribution in [2.45, 2.75) is 25.7 Å². The second-order valence-electron chi connectivity index (χ2n) is 4.61. The van der Waals surface area contributed by atoms with Crippen molar-refractivity contribution >= 4 is 10.0 Å². The Balaban J connectivity index is 2.29. The van der Waals surface area contributed by atoms with Crippen LogP contribution in [0.1, 0.15) is 31.2 Å². The molecular formula is C14H20N2O4S. The number of ether oxygens (including phenoxy) is 2. The van der Waals surface area contributed by atoms with Gasteiger partial charge in [-0.1, -0.05) is 12.8 Å². The van der Waals surface area contributed by atoms with E-state index in [9.17, 15) is 8.42 Å². The Morgan fingerprint density at radius 2 is 1.90 bits per heavy atom. The molecular weight excluding hydrogens is 292 g/mol. The van der Waals surface area contributed by atoms with E-state index in [4.69, 9.17) is 19.9 Å². The van der Waals surface area contributed by atoms with Gasteiger partial charge in [0.05, 0.1) is 31.1 Å². The number of unbranched alkanes of at least 4 members (excludes halogenated alkanes) is 3. The Morgan fingerprint density at radius 1 is 1.19 bits per heavy atom. The topological polar surface area (TPSA) is 102 Å². The molecule has 0 unspecified atom stereocenters. The van der Waals surface area contributed by atoms with E-state index in [0.717, 1.165) is 19.3 Å². The third kappa shape index (κ3) is 6.97. The second-order valence-corrected chi connectivity index (χ2v) is 6.34. The maximum Gasteiger partial charge on any atom is 0.209 e. The standard InChI is InChI=1S/C14H20N2O4S/c1-19-14-10-12(11-15)6-7-13(14)20-8-4-2-3-5-9-21(16,17)18/h6-7,10H,2-5,8-9H2,1H3,(H2,16,17,18). The van der Waals surface area contributed by atoms with Gasteiger partial charge in [-0.3, -0.25) is 0 Å². The van der Waals surface area contributed by atoms with E-state index in [1.165, 1.54) is 7.11 Å². The highest BCUT2D eigenvalue weighted by molar-refractivity contribution is 7.89. The molecule has 0 bridgehead atoms. The van der Waals surface area contributed by atoms with E-state index in [0.29, 0.717) is 30.1 Å². The number of hydrogen-bond acceptors (Lipinski definition) is 5. The van der Waals surface area contributed by atoms with E-state index >= 15 is 0 Å². The molecule has 0 saturated carbocycles. The molecule has 0 aliphatic rings. The van der Waals surface area contributed by atoms with Crippen molar-refractivity contribution in [2.24, 2.45) is 5.14 Å². The second kappa shape index (κ2) is 8.49. The van der Waals surface area contributed by atoms with Crippen LogP contribution in [-0.4, -0.2) is 27.9 Å². The molecule has 0 aromatic heterocycles. The van der Waals surface area contributed by atoms with Gasteiger partial charge in [-0.05, 0) is 25.0 Å². The van der Waals surface area contributed by atoms with Crippen LogP contribution in [0.4, 0.5) is 0 Å². The molecule has 0 spiro atoms. The van der Waals surface area contributed by atoms with Gasteiger partial charge in [0.25, 0.3) is 0 Å². The first-order valence-corrected chi connectivity index (χ1v) is 8.39. The quantitative estimate of drug-likeness (QED) is 0.700. The Morgan fingerprint density at radius 3 is 2.52 bits per heavy atom. The predicted molar refractivity (Wildman–Crippen MR) is 79.6 cm³/mol. The van der Waals surface area contributed by atoms with Crippen LogP contribution in [0.5, 0.6) is 11.5 Å². The zero-order valence-electron chi connectivity index (χ0n) is 12.0. The van der Waals surface area contributed by atoms with Crippen LogP contribution in [0.3, 0.4) is 0 Å². The smallest absolute Gasteiger partial charge is 0.209 e. The summed E-state index contributed by atoms with van der Waals surface area (Å²) >= 11 is 0. The monoisotopic (exact) mass is 312 g/mol. The van der Waals surface area contributed by atoms with Gasteiger partial charge in [-0.25, -0.2) is 13.6 Å². The Bertz CT molecular complexity index is 593. The molecule has 0 saturated heterocycles. The Hall–Kier alpha value is -1.78. The Labute approximate surface area is 125 Å². The van der Waals surface area contributed by atoms with Gasteiger partial charge in [0, 0.05) is 6.07 Å². The van der Waals surface area contributed by atoms with Crippen molar-refractivity contribution in [2.75, 3.05) is 19.5 Å². The van der Waals surface area contributed by atoms with Crippen LogP contribution in [0.2, 0.25) is 0 Å². The van der Waals surface area contributed by atoms with Crippen LogP contribution in [-0.2, 0) is 10.0 Å². The van der Waals surface area contributed by atoms with Crippen molar-refractivity contribution < 1.29 is 17.9 Å². The minimum Gasteiger partial charge on any atom is -0.493 e. The Kier molecular flexibility index (Phi) is 6.99. The fourth-order valence-corrected chi connectivity index (χ4v) is 2.40. The van der Waals surface area contributed by atoms with Gasteiger partial charge in [0.2, 0.25) is 10.0 Å². The van der Waals surface area contributed by atoms with Crippen molar-refractivity contribution in [1.82, 2.24) is 0 Å². The van der Waals surface area contributed by atoms with Crippen molar-refractivity contribution in [3.63, 3.8) is 0 Å². The highest BCUT2D eigenvalue weighted by atomic mass is 32.2. The molecule has 0 aliphatic carbocycles. The summed E-state index contributed by atoms with van der Waals surface area (Å²) < 4.78 is 32.3. The van der Waals surface area contributed by atoms with Crippen LogP contribution in [0.25, 0.3) is 0 Å².